The normalized spacial score (nSPS) is 13.7. The van der Waals surface area contributed by atoms with Crippen LogP contribution in [0.1, 0.15) is 12.8 Å². The molecule has 0 heterocycles. The Hall–Kier alpha value is -2.19. The van der Waals surface area contributed by atoms with E-state index in [1.807, 2.05) is 0 Å². The molecule has 0 aromatic heterocycles. The van der Waals surface area contributed by atoms with Crippen LogP contribution in [0.15, 0.2) is 24.3 Å². The Kier molecular flexibility index (Phi) is 13.0. The van der Waals surface area contributed by atoms with E-state index in [-0.39, 0.29) is 34.4 Å². The quantitative estimate of drug-likeness (QED) is 0.0773. The Bertz CT molecular complexity index is 830. The number of aliphatic hydroxyl groups is 1. The van der Waals surface area contributed by atoms with Gasteiger partial charge in [0.15, 0.2) is 0 Å². The van der Waals surface area contributed by atoms with Gasteiger partial charge in [0, 0.05) is 0 Å². The van der Waals surface area contributed by atoms with E-state index in [1.165, 1.54) is 12.1 Å². The number of carbonyl (C=O) groups is 4. The molecule has 0 saturated heterocycles. The number of thioether (sulfide) groups is 1. The van der Waals surface area contributed by atoms with Gasteiger partial charge in [0.1, 0.15) is 6.04 Å². The fraction of sp³-hybridized carbons (Fsp3) is 0.444. The van der Waals surface area contributed by atoms with Crippen molar-refractivity contribution in [2.75, 3.05) is 23.4 Å². The number of nitrogens with two attached hydrogens (primary N) is 1. The van der Waals surface area contributed by atoms with Crippen LogP contribution >= 0.6 is 11.8 Å². The molecule has 0 fully saturated rings. The zero-order valence-corrected chi connectivity index (χ0v) is 20.1. The topological polar surface area (TPSA) is 232 Å². The molecule has 0 aliphatic rings. The van der Waals surface area contributed by atoms with Crippen LogP contribution in [0.4, 0.5) is 5.69 Å². The first-order valence-electron chi connectivity index (χ1n) is 9.56. The Morgan fingerprint density at radius 2 is 1.76 bits per heavy atom. The van der Waals surface area contributed by atoms with Gasteiger partial charge in [0.05, 0.1) is 0 Å². The summed E-state index contributed by atoms with van der Waals surface area (Å²) in [5.41, 5.74) is 5.63. The molecule has 1 aromatic carbocycles. The molecule has 0 saturated carbocycles. The van der Waals surface area contributed by atoms with Gasteiger partial charge in [0.25, 0.3) is 0 Å². The zero-order chi connectivity index (χ0) is 25.0. The number of carbonyl (C=O) groups excluding carboxylic acids is 2. The number of carboxylic acid groups (broad SMARTS) is 2. The number of hydrogen-bond acceptors (Lipinski definition) is 10. The number of amides is 2. The first-order valence-corrected chi connectivity index (χ1v) is 13.3. The minimum Gasteiger partial charge on any atom is -0.480 e. The molecule has 0 radical (unpaired) electrons. The molecule has 15 heteroatoms. The average molecular weight is 550 g/mol. The van der Waals surface area contributed by atoms with Crippen molar-refractivity contribution < 1.29 is 42.7 Å². The van der Waals surface area contributed by atoms with Crippen molar-refractivity contribution in [3.8, 4) is 0 Å². The van der Waals surface area contributed by atoms with Crippen molar-refractivity contribution in [1.29, 1.82) is 0 Å². The molecule has 184 valence electrons. The molecule has 2 amide bonds. The number of carboxylic acids is 2. The van der Waals surface area contributed by atoms with Crippen LogP contribution in [0.5, 0.6) is 0 Å². The Balaban J connectivity index is 2.65. The second-order valence-electron chi connectivity index (χ2n) is 6.75. The summed E-state index contributed by atoms with van der Waals surface area (Å²) in [7, 11) is 0. The number of rotatable bonds is 15. The second kappa shape index (κ2) is 14.9. The molecule has 33 heavy (non-hydrogen) atoms. The third kappa shape index (κ3) is 11.5. The molecule has 13 nitrogen and oxygen atoms in total. The predicted octanol–water partition coefficient (Wildman–Crippen LogP) is -3.29. The van der Waals surface area contributed by atoms with Crippen LogP contribution in [0.25, 0.3) is 0 Å². The number of anilines is 1. The van der Waals surface area contributed by atoms with Gasteiger partial charge >= 0.3 is 167 Å². The van der Waals surface area contributed by atoms with Gasteiger partial charge in [-0.1, -0.05) is 0 Å². The van der Waals surface area contributed by atoms with E-state index < -0.39 is 63.9 Å². The number of para-hydroxylation sites is 1. The van der Waals surface area contributed by atoms with E-state index in [4.69, 9.17) is 15.9 Å². The number of nitrogens with one attached hydrogen (secondary N) is 3. The molecule has 10 N–H and O–H groups in total. The minimum atomic E-state index is -3.21. The summed E-state index contributed by atoms with van der Waals surface area (Å²) in [6, 6.07) is 4.03. The summed E-state index contributed by atoms with van der Waals surface area (Å²) in [4.78, 5) is 45.8. The summed E-state index contributed by atoms with van der Waals surface area (Å²) in [6.45, 7) is -0.576. The first kappa shape index (κ1) is 28.8. The third-order valence-electron chi connectivity index (χ3n) is 4.11. The van der Waals surface area contributed by atoms with E-state index in [2.05, 4.69) is 16.0 Å². The molecule has 0 aliphatic carbocycles. The summed E-state index contributed by atoms with van der Waals surface area (Å²) >= 11 is -2.18. The van der Waals surface area contributed by atoms with Crippen LogP contribution in [0.3, 0.4) is 0 Å². The van der Waals surface area contributed by atoms with Crippen LogP contribution in [0, 0.1) is 0 Å². The van der Waals surface area contributed by atoms with E-state index in [0.717, 1.165) is 11.8 Å². The van der Waals surface area contributed by atoms with Crippen molar-refractivity contribution in [2.24, 2.45) is 5.73 Å². The number of benzene rings is 1. The Labute approximate surface area is 198 Å². The molecule has 0 aliphatic heterocycles. The van der Waals surface area contributed by atoms with E-state index in [9.17, 15) is 32.5 Å². The fourth-order valence-corrected chi connectivity index (χ4v) is 4.53. The van der Waals surface area contributed by atoms with Gasteiger partial charge in [-0.05, 0) is 0 Å². The number of aliphatic hydroxyl groups excluding tert-OH is 1. The molecule has 0 bridgehead atoms. The zero-order valence-electron chi connectivity index (χ0n) is 17.4. The monoisotopic (exact) mass is 550 g/mol. The minimum absolute atomic E-state index is 0.0113. The SMILES string of the molecule is NC(CCC(=O)NC(CSCC(=O)Nc1ccccc1[As](O)O)C(O)NCC(=O)O)C(=O)O. The molecule has 1 aromatic rings. The van der Waals surface area contributed by atoms with Crippen LogP contribution in [-0.2, 0) is 19.2 Å². The van der Waals surface area contributed by atoms with E-state index >= 15 is 0 Å². The van der Waals surface area contributed by atoms with Crippen molar-refractivity contribution in [2.45, 2.75) is 31.2 Å². The standard InChI is InChI=1S/C18H27AsN4O9S/c20-11(18(29)30)5-6-14(24)23-13(17(28)21-7-16(26)27)8-33-9-15(25)22-12-4-2-1-3-10(12)19(31)32/h1-4,11,13,17,21,28,31-32H,5-9,20H2,(H,22,25)(H,23,24)(H,26,27)(H,29,30). The van der Waals surface area contributed by atoms with E-state index in [1.54, 1.807) is 12.1 Å². The first-order chi connectivity index (χ1) is 15.5. The fourth-order valence-electron chi connectivity index (χ4n) is 2.45. The molecule has 0 spiro atoms. The molecule has 3 atom stereocenters. The van der Waals surface area contributed by atoms with Crippen LogP contribution in [-0.4, -0.2) is 99.0 Å². The summed E-state index contributed by atoms with van der Waals surface area (Å²) in [5.74, 6) is -3.66. The molecule has 1 rings (SSSR count). The molecular formula is C18H27AsN4O9S. The van der Waals surface area contributed by atoms with Gasteiger partial charge in [-0.3, -0.25) is 9.59 Å². The van der Waals surface area contributed by atoms with Crippen molar-refractivity contribution in [3.05, 3.63) is 24.3 Å². The Morgan fingerprint density at radius 3 is 2.36 bits per heavy atom. The van der Waals surface area contributed by atoms with Crippen molar-refractivity contribution in [3.63, 3.8) is 0 Å². The van der Waals surface area contributed by atoms with Crippen molar-refractivity contribution in [1.82, 2.24) is 10.6 Å². The molecule has 3 unspecified atom stereocenters. The van der Waals surface area contributed by atoms with Gasteiger partial charge in [-0.15, -0.1) is 0 Å². The summed E-state index contributed by atoms with van der Waals surface area (Å²) < 4.78 is 19.2. The number of hydrogen-bond donors (Lipinski definition) is 9. The van der Waals surface area contributed by atoms with Gasteiger partial charge in [-0.2, -0.15) is 0 Å². The van der Waals surface area contributed by atoms with E-state index in [0.29, 0.717) is 0 Å². The average Bonchev–Trinajstić information content (AvgIpc) is 2.75. The third-order valence-corrected chi connectivity index (χ3v) is 6.90. The smallest absolute Gasteiger partial charge is 0.480 e. The predicted molar refractivity (Wildman–Crippen MR) is 121 cm³/mol. The van der Waals surface area contributed by atoms with Crippen LogP contribution < -0.4 is 26.0 Å². The maximum atomic E-state index is 12.2. The summed E-state index contributed by atoms with van der Waals surface area (Å²) in [5, 5.41) is 35.1. The van der Waals surface area contributed by atoms with Gasteiger partial charge < -0.3 is 15.9 Å². The maximum absolute atomic E-state index is 12.2. The van der Waals surface area contributed by atoms with Gasteiger partial charge in [0.2, 0.25) is 0 Å². The molecular weight excluding hydrogens is 523 g/mol. The van der Waals surface area contributed by atoms with Crippen molar-refractivity contribution >= 4 is 60.9 Å². The number of aliphatic carboxylic acids is 2. The Morgan fingerprint density at radius 1 is 1.09 bits per heavy atom. The summed E-state index contributed by atoms with van der Waals surface area (Å²) in [6.07, 6.45) is -1.82. The second-order valence-corrected chi connectivity index (χ2v) is 10.0. The van der Waals surface area contributed by atoms with Crippen LogP contribution in [0.2, 0.25) is 0 Å². The van der Waals surface area contributed by atoms with Gasteiger partial charge in [-0.25, -0.2) is 0 Å².